The number of hydrogen-bond acceptors (Lipinski definition) is 3. The Balaban J connectivity index is 1.82. The maximum absolute atomic E-state index is 10.1. The topological polar surface area (TPSA) is 35.5 Å². The number of nitrogens with zero attached hydrogens (tertiary/aromatic N) is 1. The highest BCUT2D eigenvalue weighted by Gasteiger charge is 2.08. The molecular weight excluding hydrogens is 178 g/mol. The monoisotopic (exact) mass is 200 g/mol. The van der Waals surface area contributed by atoms with Crippen LogP contribution in [-0.4, -0.2) is 44.4 Å². The molecule has 0 bridgehead atoms. The molecule has 0 atom stereocenters. The van der Waals surface area contributed by atoms with Crippen LogP contribution in [0.2, 0.25) is 0 Å². The van der Waals surface area contributed by atoms with Gasteiger partial charge in [-0.1, -0.05) is 12.8 Å². The SMILES string of the molecule is [O-]CCCCOCCN1CCCCC1. The Morgan fingerprint density at radius 1 is 1.00 bits per heavy atom. The molecule has 0 aliphatic carbocycles. The molecule has 0 radical (unpaired) electrons. The fourth-order valence-electron chi connectivity index (χ4n) is 1.78. The molecule has 3 nitrogen and oxygen atoms in total. The summed E-state index contributed by atoms with van der Waals surface area (Å²) in [4.78, 5) is 2.47. The first kappa shape index (κ1) is 12.0. The van der Waals surface area contributed by atoms with Crippen LogP contribution in [0.3, 0.4) is 0 Å². The molecule has 1 saturated heterocycles. The molecule has 1 heterocycles. The van der Waals surface area contributed by atoms with E-state index in [0.29, 0.717) is 0 Å². The van der Waals surface area contributed by atoms with Crippen molar-refractivity contribution >= 4 is 0 Å². The average molecular weight is 200 g/mol. The van der Waals surface area contributed by atoms with E-state index in [-0.39, 0.29) is 6.61 Å². The highest BCUT2D eigenvalue weighted by atomic mass is 16.5. The number of rotatable bonds is 7. The second kappa shape index (κ2) is 8.21. The maximum Gasteiger partial charge on any atom is 0.0593 e. The van der Waals surface area contributed by atoms with Crippen LogP contribution in [0.25, 0.3) is 0 Å². The molecule has 1 rings (SSSR count). The smallest absolute Gasteiger partial charge is 0.0593 e. The molecule has 0 spiro atoms. The largest absolute Gasteiger partial charge is 0.854 e. The number of likely N-dealkylation sites (tertiary alicyclic amines) is 1. The van der Waals surface area contributed by atoms with Crippen molar-refractivity contribution in [2.24, 2.45) is 0 Å². The zero-order valence-corrected chi connectivity index (χ0v) is 9.04. The van der Waals surface area contributed by atoms with Gasteiger partial charge < -0.3 is 14.7 Å². The van der Waals surface area contributed by atoms with Gasteiger partial charge in [0.05, 0.1) is 6.61 Å². The first-order valence-corrected chi connectivity index (χ1v) is 5.81. The summed E-state index contributed by atoms with van der Waals surface area (Å²) in [6.07, 6.45) is 5.75. The number of hydrogen-bond donors (Lipinski definition) is 0. The van der Waals surface area contributed by atoms with Gasteiger partial charge in [-0.3, -0.25) is 0 Å². The van der Waals surface area contributed by atoms with Crippen molar-refractivity contribution in [2.75, 3.05) is 39.5 Å². The number of ether oxygens (including phenoxy) is 1. The second-order valence-corrected chi connectivity index (χ2v) is 3.93. The molecule has 84 valence electrons. The van der Waals surface area contributed by atoms with Gasteiger partial charge in [0, 0.05) is 13.2 Å². The normalized spacial score (nSPS) is 18.6. The second-order valence-electron chi connectivity index (χ2n) is 3.93. The lowest BCUT2D eigenvalue weighted by atomic mass is 10.1. The quantitative estimate of drug-likeness (QED) is 0.565. The summed E-state index contributed by atoms with van der Waals surface area (Å²) in [6.45, 7) is 5.18. The summed E-state index contributed by atoms with van der Waals surface area (Å²) < 4.78 is 5.46. The summed E-state index contributed by atoms with van der Waals surface area (Å²) in [5.74, 6) is 0. The Labute approximate surface area is 87.1 Å². The summed E-state index contributed by atoms with van der Waals surface area (Å²) >= 11 is 0. The van der Waals surface area contributed by atoms with Gasteiger partial charge in [-0.05, 0) is 32.4 Å². The molecule has 1 aliphatic heterocycles. The van der Waals surface area contributed by atoms with E-state index in [9.17, 15) is 5.11 Å². The van der Waals surface area contributed by atoms with Gasteiger partial charge in [0.15, 0.2) is 0 Å². The van der Waals surface area contributed by atoms with Crippen LogP contribution < -0.4 is 5.11 Å². The van der Waals surface area contributed by atoms with Crippen LogP contribution in [0.4, 0.5) is 0 Å². The fraction of sp³-hybridized carbons (Fsp3) is 1.00. The minimum atomic E-state index is 0.0372. The van der Waals surface area contributed by atoms with Crippen molar-refractivity contribution in [3.63, 3.8) is 0 Å². The molecule has 3 heteroatoms. The lowest BCUT2D eigenvalue weighted by Crippen LogP contribution is -2.32. The molecular formula is C11H22NO2-. The van der Waals surface area contributed by atoms with Gasteiger partial charge >= 0.3 is 0 Å². The summed E-state index contributed by atoms with van der Waals surface area (Å²) in [5, 5.41) is 10.1. The fourth-order valence-corrected chi connectivity index (χ4v) is 1.78. The first-order chi connectivity index (χ1) is 6.93. The van der Waals surface area contributed by atoms with E-state index in [2.05, 4.69) is 4.90 Å². The Morgan fingerprint density at radius 2 is 1.79 bits per heavy atom. The zero-order valence-electron chi connectivity index (χ0n) is 9.04. The highest BCUT2D eigenvalue weighted by molar-refractivity contribution is 4.63. The lowest BCUT2D eigenvalue weighted by Gasteiger charge is -2.26. The van der Waals surface area contributed by atoms with Crippen molar-refractivity contribution < 1.29 is 9.84 Å². The Morgan fingerprint density at radius 3 is 2.50 bits per heavy atom. The van der Waals surface area contributed by atoms with Gasteiger partial charge in [0.2, 0.25) is 0 Å². The standard InChI is InChI=1S/C11H22NO2/c13-9-4-5-10-14-11-8-12-6-2-1-3-7-12/h1-11H2/q-1. The van der Waals surface area contributed by atoms with Crippen LogP contribution in [-0.2, 0) is 4.74 Å². The van der Waals surface area contributed by atoms with Crippen LogP contribution in [0.15, 0.2) is 0 Å². The van der Waals surface area contributed by atoms with Crippen LogP contribution >= 0.6 is 0 Å². The van der Waals surface area contributed by atoms with Gasteiger partial charge in [-0.25, -0.2) is 0 Å². The van der Waals surface area contributed by atoms with Crippen molar-refractivity contribution in [3.8, 4) is 0 Å². The zero-order chi connectivity index (χ0) is 10.1. The van der Waals surface area contributed by atoms with E-state index in [4.69, 9.17) is 4.74 Å². The summed E-state index contributed by atoms with van der Waals surface area (Å²) in [7, 11) is 0. The minimum absolute atomic E-state index is 0.0372. The van der Waals surface area contributed by atoms with Crippen molar-refractivity contribution in [2.45, 2.75) is 32.1 Å². The number of unbranched alkanes of at least 4 members (excludes halogenated alkanes) is 1. The van der Waals surface area contributed by atoms with Gasteiger partial charge in [0.25, 0.3) is 0 Å². The van der Waals surface area contributed by atoms with Gasteiger partial charge in [-0.15, -0.1) is 6.61 Å². The molecule has 0 N–H and O–H groups in total. The molecule has 0 aromatic carbocycles. The molecule has 0 saturated carbocycles. The first-order valence-electron chi connectivity index (χ1n) is 5.81. The molecule has 0 aromatic rings. The highest BCUT2D eigenvalue weighted by Crippen LogP contribution is 2.07. The third-order valence-electron chi connectivity index (χ3n) is 2.68. The third-order valence-corrected chi connectivity index (χ3v) is 2.68. The van der Waals surface area contributed by atoms with Crippen LogP contribution in [0, 0.1) is 0 Å². The molecule has 14 heavy (non-hydrogen) atoms. The number of piperidine rings is 1. The van der Waals surface area contributed by atoms with Crippen molar-refractivity contribution in [1.82, 2.24) is 4.90 Å². The molecule has 0 aromatic heterocycles. The van der Waals surface area contributed by atoms with Crippen molar-refractivity contribution in [3.05, 3.63) is 0 Å². The lowest BCUT2D eigenvalue weighted by molar-refractivity contribution is -0.368. The molecule has 1 fully saturated rings. The van der Waals surface area contributed by atoms with Crippen molar-refractivity contribution in [1.29, 1.82) is 0 Å². The summed E-state index contributed by atoms with van der Waals surface area (Å²) in [5.41, 5.74) is 0. The third kappa shape index (κ3) is 5.58. The van der Waals surface area contributed by atoms with E-state index in [1.165, 1.54) is 32.4 Å². The van der Waals surface area contributed by atoms with Gasteiger partial charge in [0.1, 0.15) is 0 Å². The molecule has 1 aliphatic rings. The van der Waals surface area contributed by atoms with E-state index in [1.807, 2.05) is 0 Å². The van der Waals surface area contributed by atoms with Crippen LogP contribution in [0.5, 0.6) is 0 Å². The Kier molecular flexibility index (Phi) is 7.01. The predicted molar refractivity (Wildman–Crippen MR) is 55.2 cm³/mol. The minimum Gasteiger partial charge on any atom is -0.854 e. The van der Waals surface area contributed by atoms with E-state index in [1.54, 1.807) is 0 Å². The van der Waals surface area contributed by atoms with E-state index >= 15 is 0 Å². The maximum atomic E-state index is 10.1. The van der Waals surface area contributed by atoms with E-state index in [0.717, 1.165) is 32.6 Å². The average Bonchev–Trinajstić information content (AvgIpc) is 2.25. The van der Waals surface area contributed by atoms with E-state index < -0.39 is 0 Å². The molecule has 0 unspecified atom stereocenters. The Bertz CT molecular complexity index is 124. The molecule has 0 amide bonds. The summed E-state index contributed by atoms with van der Waals surface area (Å²) in [6, 6.07) is 0. The predicted octanol–water partition coefficient (Wildman–Crippen LogP) is 0.629. The van der Waals surface area contributed by atoms with Gasteiger partial charge in [-0.2, -0.15) is 0 Å². The Hall–Kier alpha value is -0.120. The van der Waals surface area contributed by atoms with Crippen LogP contribution in [0.1, 0.15) is 32.1 Å².